The largest absolute Gasteiger partial charge is 0.477 e. The zero-order chi connectivity index (χ0) is 19.7. The first-order valence-electron chi connectivity index (χ1n) is 10.5. The molecule has 0 N–H and O–H groups in total. The van der Waals surface area contributed by atoms with Gasteiger partial charge in [-0.3, -0.25) is 0 Å². The Morgan fingerprint density at radius 3 is 2.15 bits per heavy atom. The Morgan fingerprint density at radius 1 is 0.963 bits per heavy atom. The Balaban J connectivity index is 2.34. The predicted octanol–water partition coefficient (Wildman–Crippen LogP) is 6.18. The van der Waals surface area contributed by atoms with Gasteiger partial charge in [-0.05, 0) is 31.9 Å². The fourth-order valence-electron chi connectivity index (χ4n) is 3.09. The normalized spacial score (nSPS) is 11.6. The molecule has 0 saturated carbocycles. The van der Waals surface area contributed by atoms with Crippen LogP contribution in [0, 0.1) is 11.3 Å². The minimum absolute atomic E-state index is 0.330. The molecule has 0 bridgehead atoms. The molecule has 0 aliphatic rings. The van der Waals surface area contributed by atoms with Crippen LogP contribution in [0.25, 0.3) is 0 Å². The molecule has 1 unspecified atom stereocenters. The molecule has 4 nitrogen and oxygen atoms in total. The zero-order valence-electron chi connectivity index (χ0n) is 17.0. The second-order valence-electron chi connectivity index (χ2n) is 6.94. The van der Waals surface area contributed by atoms with Crippen LogP contribution in [-0.2, 0) is 9.53 Å². The standard InChI is InChI=1S/C23H35NO3/c1-3-5-6-7-8-9-10-11-12-13-18-22(23(25)26-4-2)27-21-17-15-14-16-20(21)19-24/h14-17,22H,3-13,18H2,1-2H3. The summed E-state index contributed by atoms with van der Waals surface area (Å²) in [6, 6.07) is 9.11. The van der Waals surface area contributed by atoms with Crippen molar-refractivity contribution in [1.82, 2.24) is 0 Å². The molecule has 4 heteroatoms. The quantitative estimate of drug-likeness (QED) is 0.272. The summed E-state index contributed by atoms with van der Waals surface area (Å²) in [6.45, 7) is 4.36. The molecule has 0 aliphatic carbocycles. The van der Waals surface area contributed by atoms with Crippen molar-refractivity contribution < 1.29 is 14.3 Å². The third kappa shape index (κ3) is 10.0. The Morgan fingerprint density at radius 2 is 1.56 bits per heavy atom. The molecule has 0 heterocycles. The van der Waals surface area contributed by atoms with Crippen LogP contribution >= 0.6 is 0 Å². The van der Waals surface area contributed by atoms with E-state index in [1.165, 1.54) is 51.4 Å². The first-order valence-corrected chi connectivity index (χ1v) is 10.5. The maximum Gasteiger partial charge on any atom is 0.347 e. The molecule has 0 spiro atoms. The molecule has 0 radical (unpaired) electrons. The van der Waals surface area contributed by atoms with E-state index in [2.05, 4.69) is 13.0 Å². The molecule has 0 aliphatic heterocycles. The summed E-state index contributed by atoms with van der Waals surface area (Å²) in [6.07, 6.45) is 12.4. The van der Waals surface area contributed by atoms with Gasteiger partial charge in [-0.25, -0.2) is 4.79 Å². The molecular weight excluding hydrogens is 338 g/mol. The van der Waals surface area contributed by atoms with Crippen molar-refractivity contribution >= 4 is 5.97 Å². The number of hydrogen-bond donors (Lipinski definition) is 0. The molecule has 150 valence electrons. The van der Waals surface area contributed by atoms with Gasteiger partial charge < -0.3 is 9.47 Å². The van der Waals surface area contributed by atoms with Gasteiger partial charge in [0.2, 0.25) is 0 Å². The van der Waals surface area contributed by atoms with E-state index < -0.39 is 6.10 Å². The smallest absolute Gasteiger partial charge is 0.347 e. The van der Waals surface area contributed by atoms with E-state index in [0.29, 0.717) is 24.3 Å². The molecule has 1 atom stereocenters. The maximum absolute atomic E-state index is 12.2. The van der Waals surface area contributed by atoms with E-state index in [-0.39, 0.29) is 5.97 Å². The fraction of sp³-hybridized carbons (Fsp3) is 0.652. The summed E-state index contributed by atoms with van der Waals surface area (Å²) in [4.78, 5) is 12.2. The second kappa shape index (κ2) is 15.1. The number of para-hydroxylation sites is 1. The lowest BCUT2D eigenvalue weighted by atomic mass is 10.0. The van der Waals surface area contributed by atoms with E-state index in [0.717, 1.165) is 12.8 Å². The first-order chi connectivity index (χ1) is 13.2. The van der Waals surface area contributed by atoms with Gasteiger partial charge >= 0.3 is 5.97 Å². The van der Waals surface area contributed by atoms with Crippen molar-refractivity contribution in [3.63, 3.8) is 0 Å². The summed E-state index contributed by atoms with van der Waals surface area (Å²) < 4.78 is 11.0. The molecule has 0 fully saturated rings. The Bertz CT molecular complexity index is 565. The predicted molar refractivity (Wildman–Crippen MR) is 109 cm³/mol. The number of rotatable bonds is 15. The number of carbonyl (C=O) groups excluding carboxylic acids is 1. The van der Waals surface area contributed by atoms with Crippen molar-refractivity contribution in [2.24, 2.45) is 0 Å². The van der Waals surface area contributed by atoms with Crippen LogP contribution in [0.5, 0.6) is 5.75 Å². The van der Waals surface area contributed by atoms with E-state index in [1.54, 1.807) is 31.2 Å². The monoisotopic (exact) mass is 373 g/mol. The highest BCUT2D eigenvalue weighted by Gasteiger charge is 2.22. The Kier molecular flexibility index (Phi) is 12.9. The molecule has 1 aromatic rings. The molecule has 0 aromatic heterocycles. The lowest BCUT2D eigenvalue weighted by Gasteiger charge is -2.18. The van der Waals surface area contributed by atoms with Gasteiger partial charge in [-0.1, -0.05) is 76.8 Å². The van der Waals surface area contributed by atoms with Crippen LogP contribution in [-0.4, -0.2) is 18.7 Å². The maximum atomic E-state index is 12.2. The highest BCUT2D eigenvalue weighted by atomic mass is 16.6. The van der Waals surface area contributed by atoms with Crippen molar-refractivity contribution in [1.29, 1.82) is 5.26 Å². The summed E-state index contributed by atoms with van der Waals surface area (Å²) >= 11 is 0. The van der Waals surface area contributed by atoms with Gasteiger partial charge in [0.05, 0.1) is 12.2 Å². The van der Waals surface area contributed by atoms with Gasteiger partial charge in [-0.2, -0.15) is 5.26 Å². The average Bonchev–Trinajstić information content (AvgIpc) is 2.69. The third-order valence-electron chi connectivity index (χ3n) is 4.65. The number of hydrogen-bond acceptors (Lipinski definition) is 4. The van der Waals surface area contributed by atoms with Crippen molar-refractivity contribution in [3.05, 3.63) is 29.8 Å². The van der Waals surface area contributed by atoms with Crippen LogP contribution in [0.1, 0.15) is 90.0 Å². The number of esters is 1. The van der Waals surface area contributed by atoms with E-state index in [4.69, 9.17) is 9.47 Å². The first kappa shape index (κ1) is 23.0. The zero-order valence-corrected chi connectivity index (χ0v) is 17.0. The minimum atomic E-state index is -0.645. The molecule has 0 saturated heterocycles. The number of ether oxygens (including phenoxy) is 2. The van der Waals surface area contributed by atoms with E-state index in [9.17, 15) is 10.1 Å². The van der Waals surface area contributed by atoms with Crippen LogP contribution in [0.4, 0.5) is 0 Å². The Hall–Kier alpha value is -2.02. The van der Waals surface area contributed by atoms with Crippen molar-refractivity contribution in [3.8, 4) is 11.8 Å². The van der Waals surface area contributed by atoms with E-state index in [1.807, 2.05) is 0 Å². The molecule has 27 heavy (non-hydrogen) atoms. The summed E-state index contributed by atoms with van der Waals surface area (Å²) in [5.74, 6) is 0.103. The lowest BCUT2D eigenvalue weighted by Crippen LogP contribution is -2.29. The number of benzene rings is 1. The van der Waals surface area contributed by atoms with Crippen molar-refractivity contribution in [2.45, 2.75) is 90.6 Å². The van der Waals surface area contributed by atoms with Gasteiger partial charge in [0.25, 0.3) is 0 Å². The van der Waals surface area contributed by atoms with Gasteiger partial charge in [-0.15, -0.1) is 0 Å². The van der Waals surface area contributed by atoms with Gasteiger partial charge in [0.1, 0.15) is 11.8 Å². The fourth-order valence-corrected chi connectivity index (χ4v) is 3.09. The average molecular weight is 374 g/mol. The van der Waals surface area contributed by atoms with Gasteiger partial charge in [0.15, 0.2) is 6.10 Å². The lowest BCUT2D eigenvalue weighted by molar-refractivity contribution is -0.151. The minimum Gasteiger partial charge on any atom is -0.477 e. The molecule has 0 amide bonds. The molecule has 1 rings (SSSR count). The highest BCUT2D eigenvalue weighted by molar-refractivity contribution is 5.75. The van der Waals surface area contributed by atoms with Crippen LogP contribution in [0.3, 0.4) is 0 Å². The molecular formula is C23H35NO3. The number of nitriles is 1. The highest BCUT2D eigenvalue weighted by Crippen LogP contribution is 2.21. The van der Waals surface area contributed by atoms with Crippen LogP contribution < -0.4 is 4.74 Å². The number of unbranched alkanes of at least 4 members (excludes halogenated alkanes) is 9. The van der Waals surface area contributed by atoms with Crippen molar-refractivity contribution in [2.75, 3.05) is 6.61 Å². The van der Waals surface area contributed by atoms with Crippen LogP contribution in [0.15, 0.2) is 24.3 Å². The second-order valence-corrected chi connectivity index (χ2v) is 6.94. The Labute approximate surface area is 164 Å². The number of nitrogens with zero attached hydrogens (tertiary/aromatic N) is 1. The summed E-state index contributed by atoms with van der Waals surface area (Å²) in [7, 11) is 0. The van der Waals surface area contributed by atoms with Gasteiger partial charge in [0, 0.05) is 0 Å². The molecule has 1 aromatic carbocycles. The topological polar surface area (TPSA) is 59.3 Å². The van der Waals surface area contributed by atoms with E-state index >= 15 is 0 Å². The summed E-state index contributed by atoms with van der Waals surface area (Å²) in [5, 5.41) is 9.19. The SMILES string of the molecule is CCCCCCCCCCCCC(Oc1ccccc1C#N)C(=O)OCC. The summed E-state index contributed by atoms with van der Waals surface area (Å²) in [5.41, 5.74) is 0.440. The third-order valence-corrected chi connectivity index (χ3v) is 4.65. The van der Waals surface area contributed by atoms with Crippen LogP contribution in [0.2, 0.25) is 0 Å². The number of carbonyl (C=O) groups is 1.